The Kier molecular flexibility index (Phi) is 3.72. The third-order valence-electron chi connectivity index (χ3n) is 4.71. The van der Waals surface area contributed by atoms with Crippen molar-refractivity contribution in [3.05, 3.63) is 28.8 Å². The number of fused-ring (bicyclic) bond motifs is 1. The van der Waals surface area contributed by atoms with Crippen molar-refractivity contribution in [3.8, 4) is 5.75 Å². The van der Waals surface area contributed by atoms with E-state index in [-0.39, 0.29) is 0 Å². The molecule has 3 atom stereocenters. The van der Waals surface area contributed by atoms with Crippen molar-refractivity contribution in [3.63, 3.8) is 0 Å². The second-order valence-electron chi connectivity index (χ2n) is 5.92. The molecule has 2 nitrogen and oxygen atoms in total. The van der Waals surface area contributed by atoms with Gasteiger partial charge in [0.2, 0.25) is 0 Å². The fourth-order valence-electron chi connectivity index (χ4n) is 3.69. The summed E-state index contributed by atoms with van der Waals surface area (Å²) in [4.78, 5) is 0. The van der Waals surface area contributed by atoms with Gasteiger partial charge in [0.05, 0.1) is 12.1 Å². The molecule has 0 aromatic heterocycles. The molecule has 2 aliphatic carbocycles. The van der Waals surface area contributed by atoms with E-state index < -0.39 is 0 Å². The Labute approximate surface area is 120 Å². The maximum Gasteiger partial charge on any atom is 0.137 e. The van der Waals surface area contributed by atoms with E-state index >= 15 is 0 Å². The highest BCUT2D eigenvalue weighted by molar-refractivity contribution is 6.32. The zero-order valence-electron chi connectivity index (χ0n) is 11.7. The van der Waals surface area contributed by atoms with E-state index in [2.05, 4.69) is 24.4 Å². The van der Waals surface area contributed by atoms with Gasteiger partial charge in [0.25, 0.3) is 0 Å². The van der Waals surface area contributed by atoms with Gasteiger partial charge in [0.15, 0.2) is 0 Å². The van der Waals surface area contributed by atoms with Crippen LogP contribution < -0.4 is 10.1 Å². The second-order valence-corrected chi connectivity index (χ2v) is 6.32. The molecule has 0 amide bonds. The number of nitrogens with one attached hydrogen (secondary N) is 1. The number of ether oxygens (including phenoxy) is 1. The molecular weight excluding hydrogens is 258 g/mol. The number of hydrogen-bond donors (Lipinski definition) is 1. The van der Waals surface area contributed by atoms with Crippen LogP contribution in [0.3, 0.4) is 0 Å². The molecule has 104 valence electrons. The van der Waals surface area contributed by atoms with Gasteiger partial charge in [-0.05, 0) is 61.3 Å². The molecule has 1 N–H and O–H groups in total. The first-order valence-electron chi connectivity index (χ1n) is 7.29. The summed E-state index contributed by atoms with van der Waals surface area (Å²) in [7, 11) is 1.66. The lowest BCUT2D eigenvalue weighted by Crippen LogP contribution is -2.27. The number of benzene rings is 1. The van der Waals surface area contributed by atoms with Gasteiger partial charge in [0, 0.05) is 6.04 Å². The SMILES string of the molecule is CCNC(c1ccc(OC)c(Cl)c1)C1CC2CC2C1. The molecule has 1 aromatic rings. The minimum Gasteiger partial charge on any atom is -0.495 e. The van der Waals surface area contributed by atoms with Crippen molar-refractivity contribution in [2.75, 3.05) is 13.7 Å². The van der Waals surface area contributed by atoms with Gasteiger partial charge in [-0.15, -0.1) is 0 Å². The summed E-state index contributed by atoms with van der Waals surface area (Å²) in [5.41, 5.74) is 1.30. The molecule has 19 heavy (non-hydrogen) atoms. The molecule has 0 radical (unpaired) electrons. The Morgan fingerprint density at radius 2 is 2.05 bits per heavy atom. The quantitative estimate of drug-likeness (QED) is 0.878. The molecule has 2 aliphatic rings. The van der Waals surface area contributed by atoms with Gasteiger partial charge < -0.3 is 10.1 Å². The molecule has 0 aliphatic heterocycles. The Morgan fingerprint density at radius 1 is 1.32 bits per heavy atom. The van der Waals surface area contributed by atoms with Crippen molar-refractivity contribution in [2.45, 2.75) is 32.2 Å². The second kappa shape index (κ2) is 5.34. The van der Waals surface area contributed by atoms with Gasteiger partial charge in [0.1, 0.15) is 5.75 Å². The van der Waals surface area contributed by atoms with Crippen LogP contribution in [-0.4, -0.2) is 13.7 Å². The third kappa shape index (κ3) is 2.61. The van der Waals surface area contributed by atoms with E-state index in [1.165, 1.54) is 24.8 Å². The Balaban J connectivity index is 1.80. The Bertz CT molecular complexity index is 452. The molecule has 0 heterocycles. The van der Waals surface area contributed by atoms with Gasteiger partial charge in [-0.1, -0.05) is 24.6 Å². The maximum atomic E-state index is 6.27. The first kappa shape index (κ1) is 13.3. The van der Waals surface area contributed by atoms with Crippen molar-refractivity contribution in [1.82, 2.24) is 5.32 Å². The van der Waals surface area contributed by atoms with Crippen molar-refractivity contribution in [2.24, 2.45) is 17.8 Å². The Hall–Kier alpha value is -0.730. The predicted octanol–water partition coefficient (Wildman–Crippen LogP) is 4.05. The van der Waals surface area contributed by atoms with E-state index in [0.717, 1.165) is 30.0 Å². The van der Waals surface area contributed by atoms with Crippen LogP contribution in [0.1, 0.15) is 37.8 Å². The summed E-state index contributed by atoms with van der Waals surface area (Å²) in [6.07, 6.45) is 4.23. The largest absolute Gasteiger partial charge is 0.495 e. The lowest BCUT2D eigenvalue weighted by Gasteiger charge is -2.26. The van der Waals surface area contributed by atoms with E-state index in [1.54, 1.807) is 7.11 Å². The van der Waals surface area contributed by atoms with Crippen molar-refractivity contribution < 1.29 is 4.74 Å². The van der Waals surface area contributed by atoms with Gasteiger partial charge in [-0.25, -0.2) is 0 Å². The highest BCUT2D eigenvalue weighted by Gasteiger charge is 2.47. The molecule has 1 aromatic carbocycles. The lowest BCUT2D eigenvalue weighted by molar-refractivity contribution is 0.346. The number of rotatable bonds is 5. The van der Waals surface area contributed by atoms with Gasteiger partial charge >= 0.3 is 0 Å². The monoisotopic (exact) mass is 279 g/mol. The van der Waals surface area contributed by atoms with Gasteiger partial charge in [-0.3, -0.25) is 0 Å². The summed E-state index contributed by atoms with van der Waals surface area (Å²) in [6, 6.07) is 6.65. The first-order chi connectivity index (χ1) is 9.22. The zero-order valence-corrected chi connectivity index (χ0v) is 12.4. The Morgan fingerprint density at radius 3 is 2.63 bits per heavy atom. The molecule has 3 rings (SSSR count). The molecule has 0 spiro atoms. The smallest absolute Gasteiger partial charge is 0.137 e. The molecule has 2 saturated carbocycles. The topological polar surface area (TPSA) is 21.3 Å². The summed E-state index contributed by atoms with van der Waals surface area (Å²) in [6.45, 7) is 3.17. The first-order valence-corrected chi connectivity index (χ1v) is 7.67. The minimum atomic E-state index is 0.446. The van der Waals surface area contributed by atoms with Crippen LogP contribution >= 0.6 is 11.6 Å². The van der Waals surface area contributed by atoms with Crippen LogP contribution in [0.2, 0.25) is 5.02 Å². The van der Waals surface area contributed by atoms with Crippen molar-refractivity contribution in [1.29, 1.82) is 0 Å². The normalized spacial score (nSPS) is 29.9. The molecule has 0 bridgehead atoms. The fraction of sp³-hybridized carbons (Fsp3) is 0.625. The minimum absolute atomic E-state index is 0.446. The van der Waals surface area contributed by atoms with E-state index in [4.69, 9.17) is 16.3 Å². The van der Waals surface area contributed by atoms with Gasteiger partial charge in [-0.2, -0.15) is 0 Å². The third-order valence-corrected chi connectivity index (χ3v) is 5.01. The molecule has 3 unspecified atom stereocenters. The molecule has 0 saturated heterocycles. The standard InChI is InChI=1S/C16H22ClNO/c1-3-18-16(13-7-11-6-12(11)8-13)10-4-5-15(19-2)14(17)9-10/h4-5,9,11-13,16,18H,3,6-8H2,1-2H3. The summed E-state index contributed by atoms with van der Waals surface area (Å²) in [5.74, 6) is 3.56. The lowest BCUT2D eigenvalue weighted by atomic mass is 9.89. The number of hydrogen-bond acceptors (Lipinski definition) is 2. The summed E-state index contributed by atoms with van der Waals surface area (Å²) < 4.78 is 5.24. The highest BCUT2D eigenvalue weighted by atomic mass is 35.5. The highest BCUT2D eigenvalue weighted by Crippen LogP contribution is 2.57. The number of methoxy groups -OCH3 is 1. The van der Waals surface area contributed by atoms with Crippen LogP contribution in [0.4, 0.5) is 0 Å². The average molecular weight is 280 g/mol. The average Bonchev–Trinajstić information content (AvgIpc) is 3.02. The summed E-state index contributed by atoms with van der Waals surface area (Å²) in [5, 5.41) is 4.36. The predicted molar refractivity (Wildman–Crippen MR) is 78.7 cm³/mol. The number of halogens is 1. The van der Waals surface area contributed by atoms with E-state index in [1.807, 2.05) is 6.07 Å². The fourth-order valence-corrected chi connectivity index (χ4v) is 3.95. The van der Waals surface area contributed by atoms with Crippen LogP contribution in [0.25, 0.3) is 0 Å². The van der Waals surface area contributed by atoms with E-state index in [0.29, 0.717) is 11.1 Å². The van der Waals surface area contributed by atoms with Crippen LogP contribution in [0.5, 0.6) is 5.75 Å². The summed E-state index contributed by atoms with van der Waals surface area (Å²) >= 11 is 6.27. The van der Waals surface area contributed by atoms with Crippen LogP contribution in [0.15, 0.2) is 18.2 Å². The maximum absolute atomic E-state index is 6.27. The van der Waals surface area contributed by atoms with E-state index in [9.17, 15) is 0 Å². The van der Waals surface area contributed by atoms with Crippen LogP contribution in [0, 0.1) is 17.8 Å². The molecule has 3 heteroatoms. The molecular formula is C16H22ClNO. The zero-order chi connectivity index (χ0) is 13.4. The van der Waals surface area contributed by atoms with Crippen molar-refractivity contribution >= 4 is 11.6 Å². The molecule has 2 fully saturated rings. The van der Waals surface area contributed by atoms with Crippen LogP contribution in [-0.2, 0) is 0 Å².